The third kappa shape index (κ3) is 3.70. The Morgan fingerprint density at radius 2 is 1.89 bits per heavy atom. The van der Waals surface area contributed by atoms with Crippen molar-refractivity contribution in [2.75, 3.05) is 7.05 Å². The van der Waals surface area contributed by atoms with Crippen LogP contribution in [0.15, 0.2) is 22.7 Å². The molecule has 0 aromatic heterocycles. The van der Waals surface area contributed by atoms with Crippen LogP contribution in [0, 0.1) is 0 Å². The van der Waals surface area contributed by atoms with E-state index in [1.165, 1.54) is 6.07 Å². The molecule has 0 atom stereocenters. The molecule has 0 unspecified atom stereocenters. The Labute approximate surface area is 121 Å². The summed E-state index contributed by atoms with van der Waals surface area (Å²) in [7, 11) is 1.98. The zero-order valence-corrected chi connectivity index (χ0v) is 12.5. The molecule has 19 heavy (non-hydrogen) atoms. The van der Waals surface area contributed by atoms with Crippen LogP contribution in [-0.2, 0) is 0 Å². The van der Waals surface area contributed by atoms with Gasteiger partial charge in [-0.2, -0.15) is 0 Å². The fourth-order valence-electron chi connectivity index (χ4n) is 2.48. The first-order valence-electron chi connectivity index (χ1n) is 6.57. The Morgan fingerprint density at radius 1 is 1.26 bits per heavy atom. The molecular weight excluding hydrogens is 308 g/mol. The van der Waals surface area contributed by atoms with Gasteiger partial charge in [-0.1, -0.05) is 15.9 Å². The number of hydrogen-bond acceptors (Lipinski definition) is 3. The molecule has 1 aromatic carbocycles. The third-order valence-corrected chi connectivity index (χ3v) is 4.17. The number of carbonyl (C=O) groups excluding carboxylic acids is 1. The number of phenols is 1. The molecule has 104 valence electrons. The lowest BCUT2D eigenvalue weighted by Crippen LogP contribution is -2.41. The van der Waals surface area contributed by atoms with E-state index in [0.29, 0.717) is 11.6 Å². The van der Waals surface area contributed by atoms with Crippen LogP contribution in [0.5, 0.6) is 5.75 Å². The Morgan fingerprint density at radius 3 is 2.53 bits per heavy atom. The largest absolute Gasteiger partial charge is 0.507 e. The van der Waals surface area contributed by atoms with E-state index in [1.807, 2.05) is 7.05 Å². The third-order valence-electron chi connectivity index (χ3n) is 3.67. The Hall–Kier alpha value is -1.07. The second-order valence-electron chi connectivity index (χ2n) is 4.97. The highest BCUT2D eigenvalue weighted by molar-refractivity contribution is 9.10. The van der Waals surface area contributed by atoms with E-state index in [4.69, 9.17) is 0 Å². The van der Waals surface area contributed by atoms with Crippen LogP contribution in [0.4, 0.5) is 0 Å². The van der Waals surface area contributed by atoms with Gasteiger partial charge < -0.3 is 15.7 Å². The predicted molar refractivity (Wildman–Crippen MR) is 78.4 cm³/mol. The minimum atomic E-state index is -0.202. The van der Waals surface area contributed by atoms with Gasteiger partial charge in [-0.15, -0.1) is 0 Å². The highest BCUT2D eigenvalue weighted by Crippen LogP contribution is 2.23. The number of aromatic hydroxyl groups is 1. The molecule has 2 rings (SSSR count). The molecular formula is C14H19BrN2O2. The number of nitrogens with one attached hydrogen (secondary N) is 2. The standard InChI is InChI=1S/C14H19BrN2O2/c1-16-10-3-5-11(6-4-10)17-14(19)12-8-9(15)2-7-13(12)18/h2,7-8,10-11,16,18H,3-6H2,1H3,(H,17,19). The van der Waals surface area contributed by atoms with Crippen LogP contribution in [0.1, 0.15) is 36.0 Å². The summed E-state index contributed by atoms with van der Waals surface area (Å²) in [5.41, 5.74) is 0.324. The van der Waals surface area contributed by atoms with Gasteiger partial charge in [0.2, 0.25) is 0 Å². The van der Waals surface area contributed by atoms with Crippen LogP contribution in [0.3, 0.4) is 0 Å². The van der Waals surface area contributed by atoms with Gasteiger partial charge in [-0.05, 0) is 50.9 Å². The van der Waals surface area contributed by atoms with Crippen LogP contribution in [0.2, 0.25) is 0 Å². The van der Waals surface area contributed by atoms with Crippen molar-refractivity contribution in [1.82, 2.24) is 10.6 Å². The fraction of sp³-hybridized carbons (Fsp3) is 0.500. The van der Waals surface area contributed by atoms with E-state index in [-0.39, 0.29) is 17.7 Å². The van der Waals surface area contributed by atoms with Gasteiger partial charge in [-0.3, -0.25) is 4.79 Å². The summed E-state index contributed by atoms with van der Waals surface area (Å²) in [6.07, 6.45) is 4.11. The lowest BCUT2D eigenvalue weighted by atomic mass is 9.91. The van der Waals surface area contributed by atoms with Gasteiger partial charge in [-0.25, -0.2) is 0 Å². The molecule has 1 saturated carbocycles. The summed E-state index contributed by atoms with van der Waals surface area (Å²) in [5.74, 6) is -0.184. The zero-order chi connectivity index (χ0) is 13.8. The Bertz CT molecular complexity index is 457. The van der Waals surface area contributed by atoms with E-state index in [0.717, 1.165) is 30.2 Å². The van der Waals surface area contributed by atoms with Crippen molar-refractivity contribution in [2.45, 2.75) is 37.8 Å². The molecule has 1 aliphatic rings. The summed E-state index contributed by atoms with van der Waals surface area (Å²) >= 11 is 3.31. The monoisotopic (exact) mass is 326 g/mol. The quantitative estimate of drug-likeness (QED) is 0.799. The summed E-state index contributed by atoms with van der Waals surface area (Å²) in [4.78, 5) is 12.1. The zero-order valence-electron chi connectivity index (χ0n) is 10.9. The minimum absolute atomic E-state index is 0.0182. The van der Waals surface area contributed by atoms with Gasteiger partial charge in [0.05, 0.1) is 5.56 Å². The van der Waals surface area contributed by atoms with Crippen molar-refractivity contribution in [2.24, 2.45) is 0 Å². The maximum atomic E-state index is 12.1. The molecule has 1 aliphatic carbocycles. The van der Waals surface area contributed by atoms with Gasteiger partial charge in [0.25, 0.3) is 5.91 Å². The van der Waals surface area contributed by atoms with Crippen molar-refractivity contribution in [3.63, 3.8) is 0 Å². The first kappa shape index (κ1) is 14.3. The van der Waals surface area contributed by atoms with Crippen LogP contribution >= 0.6 is 15.9 Å². The molecule has 5 heteroatoms. The van der Waals surface area contributed by atoms with Gasteiger partial charge in [0, 0.05) is 16.6 Å². The Kier molecular flexibility index (Phi) is 4.82. The summed E-state index contributed by atoms with van der Waals surface area (Å²) < 4.78 is 0.786. The lowest BCUT2D eigenvalue weighted by Gasteiger charge is -2.28. The molecule has 0 saturated heterocycles. The molecule has 4 nitrogen and oxygen atoms in total. The lowest BCUT2D eigenvalue weighted by molar-refractivity contribution is 0.0922. The van der Waals surface area contributed by atoms with Crippen molar-refractivity contribution in [3.8, 4) is 5.75 Å². The predicted octanol–water partition coefficient (Wildman–Crippen LogP) is 2.42. The number of benzene rings is 1. The van der Waals surface area contributed by atoms with Gasteiger partial charge in [0.1, 0.15) is 5.75 Å². The van der Waals surface area contributed by atoms with E-state index in [9.17, 15) is 9.90 Å². The summed E-state index contributed by atoms with van der Waals surface area (Å²) in [6.45, 7) is 0. The molecule has 0 aliphatic heterocycles. The Balaban J connectivity index is 1.96. The van der Waals surface area contributed by atoms with E-state index < -0.39 is 0 Å². The number of phenolic OH excluding ortho intramolecular Hbond substituents is 1. The number of rotatable bonds is 3. The molecule has 1 amide bonds. The van der Waals surface area contributed by atoms with Crippen LogP contribution < -0.4 is 10.6 Å². The summed E-state index contributed by atoms with van der Waals surface area (Å²) in [5, 5.41) is 16.0. The molecule has 1 fully saturated rings. The van der Waals surface area contributed by atoms with Gasteiger partial charge in [0.15, 0.2) is 0 Å². The second kappa shape index (κ2) is 6.39. The first-order valence-corrected chi connectivity index (χ1v) is 7.36. The highest BCUT2D eigenvalue weighted by atomic mass is 79.9. The van der Waals surface area contributed by atoms with Crippen molar-refractivity contribution in [3.05, 3.63) is 28.2 Å². The topological polar surface area (TPSA) is 61.4 Å². The van der Waals surface area contributed by atoms with Crippen molar-refractivity contribution >= 4 is 21.8 Å². The SMILES string of the molecule is CNC1CCC(NC(=O)c2cc(Br)ccc2O)CC1. The van der Waals surface area contributed by atoms with E-state index >= 15 is 0 Å². The first-order chi connectivity index (χ1) is 9.10. The van der Waals surface area contributed by atoms with Gasteiger partial charge >= 0.3 is 0 Å². The number of hydrogen-bond donors (Lipinski definition) is 3. The van der Waals surface area contributed by atoms with Crippen molar-refractivity contribution in [1.29, 1.82) is 0 Å². The molecule has 3 N–H and O–H groups in total. The van der Waals surface area contributed by atoms with Crippen LogP contribution in [-0.4, -0.2) is 30.1 Å². The number of amides is 1. The molecule has 1 aromatic rings. The molecule has 0 spiro atoms. The average Bonchev–Trinajstić information content (AvgIpc) is 2.42. The normalized spacial score (nSPS) is 23.1. The van der Waals surface area contributed by atoms with Crippen LogP contribution in [0.25, 0.3) is 0 Å². The van der Waals surface area contributed by atoms with E-state index in [1.54, 1.807) is 12.1 Å². The maximum Gasteiger partial charge on any atom is 0.255 e. The number of halogens is 1. The average molecular weight is 327 g/mol. The number of carbonyl (C=O) groups is 1. The second-order valence-corrected chi connectivity index (χ2v) is 5.89. The molecule has 0 bridgehead atoms. The summed E-state index contributed by atoms with van der Waals surface area (Å²) in [6, 6.07) is 5.65. The fourth-order valence-corrected chi connectivity index (χ4v) is 2.84. The minimum Gasteiger partial charge on any atom is -0.507 e. The molecule has 0 radical (unpaired) electrons. The highest BCUT2D eigenvalue weighted by Gasteiger charge is 2.22. The smallest absolute Gasteiger partial charge is 0.255 e. The van der Waals surface area contributed by atoms with E-state index in [2.05, 4.69) is 26.6 Å². The van der Waals surface area contributed by atoms with Crippen molar-refractivity contribution < 1.29 is 9.90 Å². The maximum absolute atomic E-state index is 12.1. The molecule has 0 heterocycles.